The molecule has 0 aromatic carbocycles. The molecule has 0 spiro atoms. The minimum atomic E-state index is -3.89. The molecule has 6 heteroatoms. The third-order valence-corrected chi connectivity index (χ3v) is 3.01. The van der Waals surface area contributed by atoms with Crippen LogP contribution in [0.5, 0.6) is 0 Å². The monoisotopic (exact) mass is 240 g/mol. The third-order valence-electron chi connectivity index (χ3n) is 1.93. The summed E-state index contributed by atoms with van der Waals surface area (Å²) in [4.78, 5) is 0. The molecule has 0 saturated heterocycles. The Hall–Kier alpha value is -0.170. The van der Waals surface area contributed by atoms with Gasteiger partial charge in [0.1, 0.15) is 0 Å². The molecule has 15 heavy (non-hydrogen) atoms. The Morgan fingerprint density at radius 3 is 2.20 bits per heavy atom. The number of nitrogens with one attached hydrogen (secondary N) is 1. The SMILES string of the molecule is CCCCCNC(C)(C)CS(=O)(=O)O.N. The molecule has 0 heterocycles. The van der Waals surface area contributed by atoms with Gasteiger partial charge in [0.2, 0.25) is 0 Å². The van der Waals surface area contributed by atoms with E-state index in [1.165, 1.54) is 0 Å². The second-order valence-corrected chi connectivity index (χ2v) is 5.70. The first-order valence-corrected chi connectivity index (χ1v) is 6.58. The molecule has 0 aliphatic rings. The van der Waals surface area contributed by atoms with Gasteiger partial charge >= 0.3 is 0 Å². The Balaban J connectivity index is 0. The van der Waals surface area contributed by atoms with E-state index in [2.05, 4.69) is 12.2 Å². The van der Waals surface area contributed by atoms with E-state index in [1.807, 2.05) is 0 Å². The van der Waals surface area contributed by atoms with Gasteiger partial charge < -0.3 is 11.5 Å². The highest BCUT2D eigenvalue weighted by molar-refractivity contribution is 7.85. The summed E-state index contributed by atoms with van der Waals surface area (Å²) in [7, 11) is -3.89. The van der Waals surface area contributed by atoms with E-state index >= 15 is 0 Å². The smallest absolute Gasteiger partial charge is 0.266 e. The second kappa shape index (κ2) is 7.16. The lowest BCUT2D eigenvalue weighted by molar-refractivity contribution is 0.398. The summed E-state index contributed by atoms with van der Waals surface area (Å²) in [6, 6.07) is 0. The van der Waals surface area contributed by atoms with Gasteiger partial charge in [0.25, 0.3) is 10.1 Å². The van der Waals surface area contributed by atoms with Gasteiger partial charge in [-0.1, -0.05) is 19.8 Å². The standard InChI is InChI=1S/C9H21NO3S.H3N/c1-4-5-6-7-10-9(2,3)8-14(11,12)13;/h10H,4-8H2,1-3H3,(H,11,12,13);1H3. The topological polar surface area (TPSA) is 101 Å². The lowest BCUT2D eigenvalue weighted by Crippen LogP contribution is -2.45. The quantitative estimate of drug-likeness (QED) is 0.463. The Kier molecular flexibility index (Phi) is 8.23. The van der Waals surface area contributed by atoms with Crippen LogP contribution in [0.4, 0.5) is 0 Å². The second-order valence-electron chi connectivity index (χ2n) is 4.24. The van der Waals surface area contributed by atoms with Crippen molar-refractivity contribution in [2.45, 2.75) is 45.6 Å². The van der Waals surface area contributed by atoms with Crippen molar-refractivity contribution in [3.63, 3.8) is 0 Å². The average molecular weight is 240 g/mol. The lowest BCUT2D eigenvalue weighted by Gasteiger charge is -2.24. The summed E-state index contributed by atoms with van der Waals surface area (Å²) in [5, 5.41) is 3.11. The molecule has 0 aromatic heterocycles. The van der Waals surface area contributed by atoms with Crippen LogP contribution < -0.4 is 11.5 Å². The molecule has 5 nitrogen and oxygen atoms in total. The van der Waals surface area contributed by atoms with Crippen LogP contribution in [-0.4, -0.2) is 30.8 Å². The molecule has 0 fully saturated rings. The largest absolute Gasteiger partial charge is 0.344 e. The number of rotatable bonds is 7. The van der Waals surface area contributed by atoms with Gasteiger partial charge in [0, 0.05) is 5.54 Å². The fourth-order valence-corrected chi connectivity index (χ4v) is 2.32. The summed E-state index contributed by atoms with van der Waals surface area (Å²) in [5.41, 5.74) is -0.554. The minimum Gasteiger partial charge on any atom is -0.344 e. The molecule has 0 aliphatic heterocycles. The van der Waals surface area contributed by atoms with Crippen LogP contribution in [0.2, 0.25) is 0 Å². The maximum Gasteiger partial charge on any atom is 0.266 e. The molecule has 0 amide bonds. The van der Waals surface area contributed by atoms with Crippen LogP contribution in [0.3, 0.4) is 0 Å². The number of hydrogen-bond donors (Lipinski definition) is 3. The molecule has 94 valence electrons. The van der Waals surface area contributed by atoms with Gasteiger partial charge in [-0.2, -0.15) is 8.42 Å². The van der Waals surface area contributed by atoms with Crippen LogP contribution >= 0.6 is 0 Å². The van der Waals surface area contributed by atoms with Crippen molar-refractivity contribution in [3.05, 3.63) is 0 Å². The van der Waals surface area contributed by atoms with Gasteiger partial charge in [0.15, 0.2) is 0 Å². The first-order valence-electron chi connectivity index (χ1n) is 4.97. The molecule has 0 aliphatic carbocycles. The molecular weight excluding hydrogens is 216 g/mol. The lowest BCUT2D eigenvalue weighted by atomic mass is 10.1. The molecular formula is C9H24N2O3S. The number of unbranched alkanes of at least 4 members (excludes halogenated alkanes) is 2. The van der Waals surface area contributed by atoms with Crippen LogP contribution in [0.25, 0.3) is 0 Å². The van der Waals surface area contributed by atoms with Crippen molar-refractivity contribution in [3.8, 4) is 0 Å². The highest BCUT2D eigenvalue weighted by Gasteiger charge is 2.23. The van der Waals surface area contributed by atoms with Crippen LogP contribution in [0.15, 0.2) is 0 Å². The van der Waals surface area contributed by atoms with Crippen molar-refractivity contribution in [2.24, 2.45) is 0 Å². The highest BCUT2D eigenvalue weighted by Crippen LogP contribution is 2.06. The summed E-state index contributed by atoms with van der Waals surface area (Å²) in [5.74, 6) is -0.244. The summed E-state index contributed by atoms with van der Waals surface area (Å²) < 4.78 is 30.0. The van der Waals surface area contributed by atoms with Crippen molar-refractivity contribution in [2.75, 3.05) is 12.3 Å². The van der Waals surface area contributed by atoms with Crippen LogP contribution in [0.1, 0.15) is 40.0 Å². The fraction of sp³-hybridized carbons (Fsp3) is 1.00. The van der Waals surface area contributed by atoms with E-state index < -0.39 is 15.7 Å². The van der Waals surface area contributed by atoms with E-state index in [4.69, 9.17) is 4.55 Å². The molecule has 0 saturated carbocycles. The Labute approximate surface area is 93.0 Å². The third kappa shape index (κ3) is 11.8. The Bertz CT molecular complexity index is 250. The van der Waals surface area contributed by atoms with E-state index in [9.17, 15) is 8.42 Å². The van der Waals surface area contributed by atoms with E-state index in [0.717, 1.165) is 25.8 Å². The maximum absolute atomic E-state index is 10.7. The molecule has 0 aromatic rings. The summed E-state index contributed by atoms with van der Waals surface area (Å²) in [6.07, 6.45) is 3.31. The first kappa shape index (κ1) is 17.2. The maximum atomic E-state index is 10.7. The Morgan fingerprint density at radius 1 is 1.27 bits per heavy atom. The van der Waals surface area contributed by atoms with Crippen molar-refractivity contribution in [1.29, 1.82) is 0 Å². The van der Waals surface area contributed by atoms with Crippen LogP contribution in [0, 0.1) is 0 Å². The normalized spacial score (nSPS) is 12.3. The Morgan fingerprint density at radius 2 is 1.80 bits per heavy atom. The van der Waals surface area contributed by atoms with E-state index in [0.29, 0.717) is 0 Å². The molecule has 0 radical (unpaired) electrons. The van der Waals surface area contributed by atoms with Crippen LogP contribution in [-0.2, 0) is 10.1 Å². The van der Waals surface area contributed by atoms with Crippen molar-refractivity contribution in [1.82, 2.24) is 11.5 Å². The van der Waals surface area contributed by atoms with E-state index in [-0.39, 0.29) is 11.9 Å². The van der Waals surface area contributed by atoms with Crippen molar-refractivity contribution >= 4 is 10.1 Å². The van der Waals surface area contributed by atoms with Gasteiger partial charge in [-0.3, -0.25) is 4.55 Å². The van der Waals surface area contributed by atoms with Crippen molar-refractivity contribution < 1.29 is 13.0 Å². The van der Waals surface area contributed by atoms with Gasteiger partial charge in [-0.15, -0.1) is 0 Å². The van der Waals surface area contributed by atoms with Gasteiger partial charge in [0.05, 0.1) is 5.75 Å². The average Bonchev–Trinajstić information content (AvgIpc) is 1.93. The molecule has 0 rings (SSSR count). The zero-order valence-corrected chi connectivity index (χ0v) is 10.7. The van der Waals surface area contributed by atoms with Gasteiger partial charge in [-0.25, -0.2) is 0 Å². The zero-order valence-electron chi connectivity index (χ0n) is 9.91. The predicted octanol–water partition coefficient (Wildman–Crippen LogP) is 1.59. The molecule has 5 N–H and O–H groups in total. The molecule has 0 bridgehead atoms. The molecule has 0 unspecified atom stereocenters. The minimum absolute atomic E-state index is 0. The highest BCUT2D eigenvalue weighted by atomic mass is 32.2. The zero-order chi connectivity index (χ0) is 11.2. The summed E-state index contributed by atoms with van der Waals surface area (Å²) >= 11 is 0. The van der Waals surface area contributed by atoms with Gasteiger partial charge in [-0.05, 0) is 26.8 Å². The summed E-state index contributed by atoms with van der Waals surface area (Å²) in [6.45, 7) is 6.44. The predicted molar refractivity (Wildman–Crippen MR) is 63.0 cm³/mol. The molecule has 0 atom stereocenters. The fourth-order valence-electron chi connectivity index (χ4n) is 1.31. The first-order chi connectivity index (χ1) is 6.27. The number of hydrogen-bond acceptors (Lipinski definition) is 4. The van der Waals surface area contributed by atoms with E-state index in [1.54, 1.807) is 13.8 Å².